The van der Waals surface area contributed by atoms with Crippen molar-refractivity contribution in [3.05, 3.63) is 77.3 Å². The minimum Gasteiger partial charge on any atom is -0.339 e. The number of carbonyl (C=O) groups excluding carboxylic acids is 2. The maximum Gasteiger partial charge on any atom is 0.246 e. The highest BCUT2D eigenvalue weighted by molar-refractivity contribution is 5.93. The zero-order valence-electron chi connectivity index (χ0n) is 19.3. The Bertz CT molecular complexity index is 1170. The second kappa shape index (κ2) is 9.81. The molecule has 3 aromatic rings. The van der Waals surface area contributed by atoms with Crippen LogP contribution >= 0.6 is 0 Å². The third-order valence-electron chi connectivity index (χ3n) is 6.08. The molecule has 4 rings (SSSR count). The number of amides is 2. The average Bonchev–Trinajstić information content (AvgIpc) is 3.11. The number of carbonyl (C=O) groups is 2. The number of nitrogens with zero attached hydrogens (tertiary/aromatic N) is 4. The number of hydrogen-bond donors (Lipinski definition) is 1. The molecule has 0 aliphatic carbocycles. The zero-order valence-corrected chi connectivity index (χ0v) is 19.3. The Hall–Kier alpha value is -3.74. The lowest BCUT2D eigenvalue weighted by Crippen LogP contribution is -2.40. The largest absolute Gasteiger partial charge is 0.339 e. The molecule has 170 valence electrons. The van der Waals surface area contributed by atoms with Gasteiger partial charge in [0.2, 0.25) is 11.8 Å². The molecule has 33 heavy (non-hydrogen) atoms. The van der Waals surface area contributed by atoms with Crippen molar-refractivity contribution in [1.29, 1.82) is 0 Å². The van der Waals surface area contributed by atoms with Gasteiger partial charge < -0.3 is 10.2 Å². The van der Waals surface area contributed by atoms with Crippen LogP contribution < -0.4 is 5.32 Å². The SMILES string of the molecule is Cc1ccnc(NC(=O)C2CCN(C(=O)C=Cc3c(C)nn(-c4ccccc4)c3C)CC2)c1. The van der Waals surface area contributed by atoms with Crippen molar-refractivity contribution >= 4 is 23.7 Å². The molecule has 0 radical (unpaired) electrons. The molecule has 1 fully saturated rings. The number of anilines is 1. The fourth-order valence-corrected chi connectivity index (χ4v) is 4.17. The smallest absolute Gasteiger partial charge is 0.246 e. The van der Waals surface area contributed by atoms with E-state index in [1.807, 2.05) is 74.0 Å². The van der Waals surface area contributed by atoms with Crippen LogP contribution in [0.2, 0.25) is 0 Å². The minimum atomic E-state index is -0.117. The van der Waals surface area contributed by atoms with E-state index in [1.165, 1.54) is 0 Å². The molecule has 1 saturated heterocycles. The first-order chi connectivity index (χ1) is 15.9. The molecule has 1 aliphatic heterocycles. The molecule has 1 N–H and O–H groups in total. The van der Waals surface area contributed by atoms with Crippen LogP contribution in [0.15, 0.2) is 54.7 Å². The number of benzene rings is 1. The van der Waals surface area contributed by atoms with Gasteiger partial charge in [-0.2, -0.15) is 5.10 Å². The summed E-state index contributed by atoms with van der Waals surface area (Å²) >= 11 is 0. The van der Waals surface area contributed by atoms with E-state index < -0.39 is 0 Å². The van der Waals surface area contributed by atoms with Crippen LogP contribution in [0.3, 0.4) is 0 Å². The van der Waals surface area contributed by atoms with Crippen LogP contribution in [0.25, 0.3) is 11.8 Å². The lowest BCUT2D eigenvalue weighted by molar-refractivity contribution is -0.130. The Labute approximate surface area is 194 Å². The number of pyridine rings is 1. The lowest BCUT2D eigenvalue weighted by atomic mass is 9.95. The van der Waals surface area contributed by atoms with Crippen LogP contribution in [0.1, 0.15) is 35.4 Å². The van der Waals surface area contributed by atoms with Crippen LogP contribution in [0, 0.1) is 26.7 Å². The molecule has 0 bridgehead atoms. The van der Waals surface area contributed by atoms with Crippen LogP contribution in [-0.2, 0) is 9.59 Å². The molecule has 3 heterocycles. The van der Waals surface area contributed by atoms with Gasteiger partial charge in [-0.05, 0) is 69.5 Å². The number of piperidine rings is 1. The van der Waals surface area contributed by atoms with Crippen molar-refractivity contribution in [3.8, 4) is 5.69 Å². The van der Waals surface area contributed by atoms with Gasteiger partial charge in [-0.3, -0.25) is 9.59 Å². The summed E-state index contributed by atoms with van der Waals surface area (Å²) in [5.74, 6) is 0.382. The molecule has 0 atom stereocenters. The summed E-state index contributed by atoms with van der Waals surface area (Å²) in [6.45, 7) is 7.03. The van der Waals surface area contributed by atoms with E-state index in [0.717, 1.165) is 28.2 Å². The highest BCUT2D eigenvalue weighted by Gasteiger charge is 2.27. The molecule has 7 heteroatoms. The second-order valence-electron chi connectivity index (χ2n) is 8.47. The third-order valence-corrected chi connectivity index (χ3v) is 6.08. The molecule has 1 aliphatic rings. The zero-order chi connectivity index (χ0) is 23.4. The Balaban J connectivity index is 1.35. The predicted molar refractivity (Wildman–Crippen MR) is 129 cm³/mol. The van der Waals surface area contributed by atoms with Crippen LogP contribution in [0.4, 0.5) is 5.82 Å². The van der Waals surface area contributed by atoms with E-state index in [-0.39, 0.29) is 17.7 Å². The highest BCUT2D eigenvalue weighted by Crippen LogP contribution is 2.22. The van der Waals surface area contributed by atoms with Gasteiger partial charge in [0.25, 0.3) is 0 Å². The molecule has 1 aromatic carbocycles. The Morgan fingerprint density at radius 3 is 2.48 bits per heavy atom. The summed E-state index contributed by atoms with van der Waals surface area (Å²) in [6.07, 6.45) is 6.43. The number of likely N-dealkylation sites (tertiary alicyclic amines) is 1. The van der Waals surface area contributed by atoms with Gasteiger partial charge in [-0.25, -0.2) is 9.67 Å². The van der Waals surface area contributed by atoms with Gasteiger partial charge in [0.1, 0.15) is 5.82 Å². The summed E-state index contributed by atoms with van der Waals surface area (Å²) in [5, 5.41) is 7.53. The third kappa shape index (κ3) is 5.19. The van der Waals surface area contributed by atoms with E-state index in [9.17, 15) is 9.59 Å². The Morgan fingerprint density at radius 1 is 1.06 bits per heavy atom. The number of para-hydroxylation sites is 1. The fourth-order valence-electron chi connectivity index (χ4n) is 4.17. The first-order valence-corrected chi connectivity index (χ1v) is 11.2. The van der Waals surface area contributed by atoms with E-state index >= 15 is 0 Å². The molecule has 2 aromatic heterocycles. The number of rotatable bonds is 5. The van der Waals surface area contributed by atoms with Gasteiger partial charge in [-0.15, -0.1) is 0 Å². The summed E-state index contributed by atoms with van der Waals surface area (Å²) in [7, 11) is 0. The van der Waals surface area contributed by atoms with E-state index in [1.54, 1.807) is 17.2 Å². The first-order valence-electron chi connectivity index (χ1n) is 11.2. The standard InChI is InChI=1S/C26H29N5O2/c1-18-11-14-27-24(17-18)28-26(33)21-12-15-30(16-13-21)25(32)10-9-23-19(2)29-31(20(23)3)22-7-5-4-6-8-22/h4-11,14,17,21H,12-13,15-16H2,1-3H3,(H,27,28,33). The maximum absolute atomic E-state index is 12.8. The van der Waals surface area contributed by atoms with Gasteiger partial charge in [0, 0.05) is 42.5 Å². The monoisotopic (exact) mass is 443 g/mol. The molecule has 0 unspecified atom stereocenters. The van der Waals surface area contributed by atoms with Gasteiger partial charge in [0.05, 0.1) is 11.4 Å². The molecule has 7 nitrogen and oxygen atoms in total. The van der Waals surface area contributed by atoms with Gasteiger partial charge in [-0.1, -0.05) is 18.2 Å². The number of nitrogens with one attached hydrogen (secondary N) is 1. The predicted octanol–water partition coefficient (Wildman–Crippen LogP) is 4.08. The number of aromatic nitrogens is 3. The van der Waals surface area contributed by atoms with E-state index in [2.05, 4.69) is 15.4 Å². The number of aryl methyl sites for hydroxylation is 2. The van der Waals surface area contributed by atoms with Crippen molar-refractivity contribution in [1.82, 2.24) is 19.7 Å². The van der Waals surface area contributed by atoms with Crippen molar-refractivity contribution in [2.45, 2.75) is 33.6 Å². The lowest BCUT2D eigenvalue weighted by Gasteiger charge is -2.30. The fraction of sp³-hybridized carbons (Fsp3) is 0.308. The van der Waals surface area contributed by atoms with Crippen molar-refractivity contribution < 1.29 is 9.59 Å². The average molecular weight is 444 g/mol. The molecule has 2 amide bonds. The summed E-state index contributed by atoms with van der Waals surface area (Å²) in [6, 6.07) is 13.7. The van der Waals surface area contributed by atoms with E-state index in [4.69, 9.17) is 0 Å². The van der Waals surface area contributed by atoms with Gasteiger partial charge >= 0.3 is 0 Å². The summed E-state index contributed by atoms with van der Waals surface area (Å²) in [5.41, 5.74) is 4.85. The van der Waals surface area contributed by atoms with Gasteiger partial charge in [0.15, 0.2) is 0 Å². The van der Waals surface area contributed by atoms with Crippen LogP contribution in [0.5, 0.6) is 0 Å². The first kappa shape index (κ1) is 22.5. The quantitative estimate of drug-likeness (QED) is 0.603. The van der Waals surface area contributed by atoms with Crippen molar-refractivity contribution in [2.75, 3.05) is 18.4 Å². The summed E-state index contributed by atoms with van der Waals surface area (Å²) < 4.78 is 1.90. The molecule has 0 spiro atoms. The topological polar surface area (TPSA) is 80.1 Å². The maximum atomic E-state index is 12.8. The number of hydrogen-bond acceptors (Lipinski definition) is 4. The molecular formula is C26H29N5O2. The van der Waals surface area contributed by atoms with E-state index in [0.29, 0.717) is 31.7 Å². The Kier molecular flexibility index (Phi) is 6.68. The highest BCUT2D eigenvalue weighted by atomic mass is 16.2. The van der Waals surface area contributed by atoms with Crippen LogP contribution in [-0.4, -0.2) is 44.6 Å². The normalized spacial score (nSPS) is 14.6. The minimum absolute atomic E-state index is 0.0321. The van der Waals surface area contributed by atoms with Crippen molar-refractivity contribution in [2.24, 2.45) is 5.92 Å². The molecule has 0 saturated carbocycles. The Morgan fingerprint density at radius 2 is 1.79 bits per heavy atom. The van der Waals surface area contributed by atoms with Crippen molar-refractivity contribution in [3.63, 3.8) is 0 Å². The summed E-state index contributed by atoms with van der Waals surface area (Å²) in [4.78, 5) is 31.4. The second-order valence-corrected chi connectivity index (χ2v) is 8.47. The molecular weight excluding hydrogens is 414 g/mol.